The maximum atomic E-state index is 11.7. The van der Waals surface area contributed by atoms with Crippen LogP contribution in [0.5, 0.6) is 0 Å². The number of anilines is 1. The van der Waals surface area contributed by atoms with Gasteiger partial charge < -0.3 is 5.73 Å². The van der Waals surface area contributed by atoms with Crippen LogP contribution in [0.15, 0.2) is 6.07 Å². The Kier molecular flexibility index (Phi) is 2.15. The average Bonchev–Trinajstić information content (AvgIpc) is 2.26. The first-order chi connectivity index (χ1) is 5.82. The summed E-state index contributed by atoms with van der Waals surface area (Å²) in [7, 11) is 0. The van der Waals surface area contributed by atoms with Crippen molar-refractivity contribution in [3.63, 3.8) is 0 Å². The van der Waals surface area contributed by atoms with Crippen molar-refractivity contribution in [2.45, 2.75) is 27.7 Å². The van der Waals surface area contributed by atoms with E-state index in [0.29, 0.717) is 5.82 Å². The number of hydrogen-bond acceptors (Lipinski definition) is 3. The van der Waals surface area contributed by atoms with E-state index >= 15 is 0 Å². The minimum Gasteiger partial charge on any atom is -0.383 e. The predicted molar refractivity (Wildman–Crippen MR) is 51.5 cm³/mol. The smallest absolute Gasteiger partial charge is 0.254 e. The van der Waals surface area contributed by atoms with Crippen molar-refractivity contribution in [1.82, 2.24) is 9.78 Å². The number of hydrogen-bond donors (Lipinski definition) is 1. The largest absolute Gasteiger partial charge is 0.383 e. The van der Waals surface area contributed by atoms with Crippen LogP contribution in [0, 0.1) is 12.3 Å². The van der Waals surface area contributed by atoms with Gasteiger partial charge in [-0.25, -0.2) is 0 Å². The Morgan fingerprint density at radius 3 is 2.38 bits per heavy atom. The number of rotatable bonds is 0. The first kappa shape index (κ1) is 9.77. The standard InChI is InChI=1S/C9H15N3O/c1-6-5-7(10)12(11-6)8(13)9(2,3)4/h5H,10H2,1-4H3. The summed E-state index contributed by atoms with van der Waals surface area (Å²) < 4.78 is 1.26. The van der Waals surface area contributed by atoms with E-state index in [1.165, 1.54) is 4.68 Å². The molecule has 4 nitrogen and oxygen atoms in total. The van der Waals surface area contributed by atoms with Gasteiger partial charge in [0.05, 0.1) is 5.69 Å². The lowest BCUT2D eigenvalue weighted by atomic mass is 9.96. The molecule has 0 radical (unpaired) electrons. The van der Waals surface area contributed by atoms with Gasteiger partial charge in [-0.1, -0.05) is 20.8 Å². The van der Waals surface area contributed by atoms with Crippen LogP contribution in [0.2, 0.25) is 0 Å². The van der Waals surface area contributed by atoms with Gasteiger partial charge in [0, 0.05) is 11.5 Å². The quantitative estimate of drug-likeness (QED) is 0.659. The van der Waals surface area contributed by atoms with E-state index in [2.05, 4.69) is 5.10 Å². The number of aromatic nitrogens is 2. The Morgan fingerprint density at radius 2 is 2.08 bits per heavy atom. The Morgan fingerprint density at radius 1 is 1.54 bits per heavy atom. The Balaban J connectivity index is 3.09. The monoisotopic (exact) mass is 181 g/mol. The molecule has 0 saturated carbocycles. The van der Waals surface area contributed by atoms with Crippen molar-refractivity contribution in [1.29, 1.82) is 0 Å². The third kappa shape index (κ3) is 1.88. The topological polar surface area (TPSA) is 60.9 Å². The molecule has 1 aromatic heterocycles. The molecule has 1 aromatic rings. The molecule has 0 amide bonds. The van der Waals surface area contributed by atoms with Gasteiger partial charge in [-0.15, -0.1) is 0 Å². The third-order valence-corrected chi connectivity index (χ3v) is 1.69. The SMILES string of the molecule is Cc1cc(N)n(C(=O)C(C)(C)C)n1. The number of nitrogens with zero attached hydrogens (tertiary/aromatic N) is 2. The zero-order valence-corrected chi connectivity index (χ0v) is 8.46. The van der Waals surface area contributed by atoms with Crippen molar-refractivity contribution in [2.75, 3.05) is 5.73 Å². The summed E-state index contributed by atoms with van der Waals surface area (Å²) in [5.74, 6) is 0.315. The molecule has 2 N–H and O–H groups in total. The summed E-state index contributed by atoms with van der Waals surface area (Å²) >= 11 is 0. The van der Waals surface area contributed by atoms with Crippen LogP contribution >= 0.6 is 0 Å². The lowest BCUT2D eigenvalue weighted by Gasteiger charge is -2.16. The highest BCUT2D eigenvalue weighted by Gasteiger charge is 2.25. The molecule has 0 saturated heterocycles. The molecule has 0 aromatic carbocycles. The highest BCUT2D eigenvalue weighted by molar-refractivity contribution is 5.85. The predicted octanol–water partition coefficient (Wildman–Crippen LogP) is 1.46. The molecule has 0 unspecified atom stereocenters. The van der Waals surface area contributed by atoms with Gasteiger partial charge >= 0.3 is 0 Å². The number of carbonyl (C=O) groups excluding carboxylic acids is 1. The van der Waals surface area contributed by atoms with Gasteiger partial charge in [0.2, 0.25) is 0 Å². The molecule has 1 rings (SSSR count). The number of aryl methyl sites for hydroxylation is 1. The zero-order valence-electron chi connectivity index (χ0n) is 8.46. The Hall–Kier alpha value is -1.32. The van der Waals surface area contributed by atoms with Crippen LogP contribution in [0.4, 0.5) is 5.82 Å². The molecule has 0 aliphatic heterocycles. The molecule has 0 aliphatic carbocycles. The highest BCUT2D eigenvalue weighted by Crippen LogP contribution is 2.18. The van der Waals surface area contributed by atoms with Crippen LogP contribution in [0.3, 0.4) is 0 Å². The molecule has 72 valence electrons. The van der Waals surface area contributed by atoms with Gasteiger partial charge in [0.25, 0.3) is 5.91 Å². The van der Waals surface area contributed by atoms with Gasteiger partial charge in [-0.05, 0) is 6.92 Å². The first-order valence-electron chi connectivity index (χ1n) is 4.19. The van der Waals surface area contributed by atoms with Gasteiger partial charge in [-0.3, -0.25) is 4.79 Å². The highest BCUT2D eigenvalue weighted by atomic mass is 16.2. The van der Waals surface area contributed by atoms with Gasteiger partial charge in [-0.2, -0.15) is 9.78 Å². The van der Waals surface area contributed by atoms with Crippen LogP contribution in [-0.4, -0.2) is 15.7 Å². The summed E-state index contributed by atoms with van der Waals surface area (Å²) in [6.45, 7) is 7.33. The number of nitrogens with two attached hydrogens (primary N) is 1. The second-order valence-corrected chi connectivity index (χ2v) is 4.18. The van der Waals surface area contributed by atoms with Crippen LogP contribution in [0.25, 0.3) is 0 Å². The van der Waals surface area contributed by atoms with E-state index in [1.807, 2.05) is 27.7 Å². The van der Waals surface area contributed by atoms with Crippen LogP contribution in [0.1, 0.15) is 31.3 Å². The lowest BCUT2D eigenvalue weighted by molar-refractivity contribution is 0.0752. The summed E-state index contributed by atoms with van der Waals surface area (Å²) in [6.07, 6.45) is 0. The second-order valence-electron chi connectivity index (χ2n) is 4.18. The fraction of sp³-hybridized carbons (Fsp3) is 0.556. The van der Waals surface area contributed by atoms with Crippen molar-refractivity contribution < 1.29 is 4.79 Å². The van der Waals surface area contributed by atoms with E-state index in [1.54, 1.807) is 6.07 Å². The van der Waals surface area contributed by atoms with E-state index in [9.17, 15) is 4.79 Å². The third-order valence-electron chi connectivity index (χ3n) is 1.69. The number of nitrogen functional groups attached to an aromatic ring is 1. The molecule has 13 heavy (non-hydrogen) atoms. The van der Waals surface area contributed by atoms with Crippen LogP contribution in [-0.2, 0) is 0 Å². The molecule has 0 atom stereocenters. The van der Waals surface area contributed by atoms with E-state index < -0.39 is 5.41 Å². The summed E-state index contributed by atoms with van der Waals surface area (Å²) in [4.78, 5) is 11.7. The van der Waals surface area contributed by atoms with E-state index in [-0.39, 0.29) is 5.91 Å². The molecular weight excluding hydrogens is 166 g/mol. The Bertz CT molecular complexity index is 333. The molecule has 0 bridgehead atoms. The Labute approximate surface area is 77.7 Å². The average molecular weight is 181 g/mol. The molecule has 0 spiro atoms. The van der Waals surface area contributed by atoms with Crippen molar-refractivity contribution in [3.05, 3.63) is 11.8 Å². The minimum atomic E-state index is -0.452. The molecule has 1 heterocycles. The second kappa shape index (κ2) is 2.87. The van der Waals surface area contributed by atoms with E-state index in [4.69, 9.17) is 5.73 Å². The zero-order chi connectivity index (χ0) is 10.2. The molecule has 0 aliphatic rings. The maximum Gasteiger partial charge on any atom is 0.254 e. The number of carbonyl (C=O) groups is 1. The van der Waals surface area contributed by atoms with Crippen molar-refractivity contribution >= 4 is 11.7 Å². The van der Waals surface area contributed by atoms with Crippen LogP contribution < -0.4 is 5.73 Å². The van der Waals surface area contributed by atoms with Gasteiger partial charge in [0.15, 0.2) is 0 Å². The molecule has 0 fully saturated rings. The fourth-order valence-corrected chi connectivity index (χ4v) is 1.000. The normalized spacial score (nSPS) is 11.7. The van der Waals surface area contributed by atoms with Crippen molar-refractivity contribution in [2.24, 2.45) is 5.41 Å². The fourth-order valence-electron chi connectivity index (χ4n) is 1.000. The molecular formula is C9H15N3O. The molecule has 4 heteroatoms. The minimum absolute atomic E-state index is 0.0851. The summed E-state index contributed by atoms with van der Waals surface area (Å²) in [6, 6.07) is 1.68. The first-order valence-corrected chi connectivity index (χ1v) is 4.19. The maximum absolute atomic E-state index is 11.7. The van der Waals surface area contributed by atoms with Gasteiger partial charge in [0.1, 0.15) is 5.82 Å². The summed E-state index contributed by atoms with van der Waals surface area (Å²) in [5.41, 5.74) is 5.93. The van der Waals surface area contributed by atoms with Crippen molar-refractivity contribution in [3.8, 4) is 0 Å². The summed E-state index contributed by atoms with van der Waals surface area (Å²) in [5, 5.41) is 4.02. The lowest BCUT2D eigenvalue weighted by Crippen LogP contribution is -2.28. The van der Waals surface area contributed by atoms with E-state index in [0.717, 1.165) is 5.69 Å².